The summed E-state index contributed by atoms with van der Waals surface area (Å²) < 4.78 is 44.9. The summed E-state index contributed by atoms with van der Waals surface area (Å²) >= 11 is 0. The van der Waals surface area contributed by atoms with E-state index >= 15 is 0 Å². The molecule has 0 unspecified atom stereocenters. The van der Waals surface area contributed by atoms with E-state index in [9.17, 15) is 22.6 Å². The summed E-state index contributed by atoms with van der Waals surface area (Å²) in [5, 5.41) is 0. The van der Waals surface area contributed by atoms with Gasteiger partial charge >= 0.3 is 41.5 Å². The van der Waals surface area contributed by atoms with E-state index in [1.165, 1.54) is 0 Å². The molecule has 9 heteroatoms. The maximum absolute atomic E-state index is 12.6. The first kappa shape index (κ1) is 35.5. The van der Waals surface area contributed by atoms with Gasteiger partial charge in [-0.1, -0.05) is 63.5 Å². The second kappa shape index (κ2) is 21.5. The van der Waals surface area contributed by atoms with Gasteiger partial charge in [-0.2, -0.15) is 0 Å². The fraction of sp³-hybridized carbons (Fsp3) is 0.571. The van der Waals surface area contributed by atoms with Crippen LogP contribution in [0.4, 0.5) is 0 Å². The molecule has 1 aromatic carbocycles. The van der Waals surface area contributed by atoms with Gasteiger partial charge in [0.15, 0.2) is 0 Å². The molecule has 0 aliphatic heterocycles. The molecule has 7 nitrogen and oxygen atoms in total. The summed E-state index contributed by atoms with van der Waals surface area (Å²) in [4.78, 5) is 24.6. The molecule has 0 saturated carbocycles. The molecule has 0 aliphatic carbocycles. The maximum atomic E-state index is 12.6. The van der Waals surface area contributed by atoms with Gasteiger partial charge in [-0.25, -0.2) is 18.0 Å². The average molecular weight is 545 g/mol. The van der Waals surface area contributed by atoms with Crippen LogP contribution >= 0.6 is 0 Å². The minimum Gasteiger partial charge on any atom is -0.744 e. The van der Waals surface area contributed by atoms with Crippen molar-refractivity contribution >= 4 is 22.1 Å². The molecule has 1 rings (SSSR count). The predicted molar refractivity (Wildman–Crippen MR) is 140 cm³/mol. The standard InChI is InChI=1S/C28H42O7S.Na/c1-3-5-7-9-11-13-15-17-21-34-27(29)25-20-19-24(36(31,32)33)23-26(25)28(30)35-22-18-16-14-12-10-8-6-4-2;/h3-4,19-20,23H,1-2,5-18,21-22H2,(H,31,32,33);/q;+1/p-1. The molecule has 0 heterocycles. The molecule has 0 atom stereocenters. The van der Waals surface area contributed by atoms with Crippen LogP contribution in [-0.2, 0) is 19.6 Å². The summed E-state index contributed by atoms with van der Waals surface area (Å²) in [6.07, 6.45) is 17.8. The van der Waals surface area contributed by atoms with E-state index in [2.05, 4.69) is 13.2 Å². The Morgan fingerprint density at radius 3 is 1.54 bits per heavy atom. The summed E-state index contributed by atoms with van der Waals surface area (Å²) in [6.45, 7) is 7.74. The van der Waals surface area contributed by atoms with Crippen LogP contribution in [0.15, 0.2) is 48.4 Å². The summed E-state index contributed by atoms with van der Waals surface area (Å²) in [5.74, 6) is -1.60. The Bertz CT molecular complexity index is 928. The Balaban J connectivity index is 0.0000130. The van der Waals surface area contributed by atoms with Crippen LogP contribution in [0, 0.1) is 0 Å². The molecule has 1 aromatic rings. The van der Waals surface area contributed by atoms with Gasteiger partial charge < -0.3 is 14.0 Å². The van der Waals surface area contributed by atoms with Gasteiger partial charge in [0.05, 0.1) is 29.2 Å². The minimum atomic E-state index is -4.80. The van der Waals surface area contributed by atoms with E-state index in [4.69, 9.17) is 9.47 Å². The van der Waals surface area contributed by atoms with Crippen molar-refractivity contribution in [3.05, 3.63) is 54.6 Å². The average Bonchev–Trinajstić information content (AvgIpc) is 2.85. The van der Waals surface area contributed by atoms with Crippen molar-refractivity contribution in [2.45, 2.75) is 94.8 Å². The molecule has 0 amide bonds. The molecule has 0 saturated heterocycles. The van der Waals surface area contributed by atoms with Gasteiger partial charge in [-0.15, -0.1) is 13.2 Å². The molecule has 202 valence electrons. The number of unbranched alkanes of at least 4 members (excludes halogenated alkanes) is 12. The van der Waals surface area contributed by atoms with Gasteiger partial charge in [0.25, 0.3) is 0 Å². The van der Waals surface area contributed by atoms with E-state index in [-0.39, 0.29) is 53.9 Å². The topological polar surface area (TPSA) is 110 Å². The molecule has 0 aliphatic rings. The second-order valence-corrected chi connectivity index (χ2v) is 10.2. The zero-order chi connectivity index (χ0) is 26.7. The monoisotopic (exact) mass is 544 g/mol. The van der Waals surface area contributed by atoms with Crippen molar-refractivity contribution in [2.24, 2.45) is 0 Å². The number of allylic oxidation sites excluding steroid dienone is 2. The van der Waals surface area contributed by atoms with Crippen LogP contribution in [0.3, 0.4) is 0 Å². The Kier molecular flexibility index (Phi) is 20.6. The first-order valence-corrected chi connectivity index (χ1v) is 14.4. The van der Waals surface area contributed by atoms with E-state index in [1.54, 1.807) is 0 Å². The first-order valence-electron chi connectivity index (χ1n) is 13.0. The van der Waals surface area contributed by atoms with E-state index in [0.29, 0.717) is 12.8 Å². The van der Waals surface area contributed by atoms with Gasteiger partial charge in [0, 0.05) is 0 Å². The second-order valence-electron chi connectivity index (χ2n) is 8.83. The van der Waals surface area contributed by atoms with Crippen molar-refractivity contribution in [3.8, 4) is 0 Å². The predicted octanol–water partition coefficient (Wildman–Crippen LogP) is 3.74. The zero-order valence-electron chi connectivity index (χ0n) is 22.4. The van der Waals surface area contributed by atoms with Crippen LogP contribution in [0.5, 0.6) is 0 Å². The first-order chi connectivity index (χ1) is 17.3. The van der Waals surface area contributed by atoms with Crippen molar-refractivity contribution < 1.29 is 61.6 Å². The fourth-order valence-corrected chi connectivity index (χ4v) is 4.20. The fourth-order valence-electron chi connectivity index (χ4n) is 3.71. The van der Waals surface area contributed by atoms with E-state index < -0.39 is 27.0 Å². The molecule has 0 radical (unpaired) electrons. The van der Waals surface area contributed by atoms with Crippen molar-refractivity contribution in [2.75, 3.05) is 13.2 Å². The minimum absolute atomic E-state index is 0. The molecule has 0 spiro atoms. The molecule has 0 aromatic heterocycles. The number of benzene rings is 1. The summed E-state index contributed by atoms with van der Waals surface area (Å²) in [5.41, 5.74) is -0.386. The molecular formula is C28H41NaO7S. The SMILES string of the molecule is C=CCCCCCCCCOC(=O)c1ccc(S(=O)(=O)[O-])cc1C(=O)OCCCCCCCCC=C.[Na+]. The Morgan fingerprint density at radius 1 is 0.703 bits per heavy atom. The number of carbonyl (C=O) groups excluding carboxylic acids is 2. The van der Waals surface area contributed by atoms with Gasteiger partial charge in [0.2, 0.25) is 0 Å². The largest absolute Gasteiger partial charge is 1.00 e. The van der Waals surface area contributed by atoms with Crippen LogP contribution in [0.1, 0.15) is 111 Å². The van der Waals surface area contributed by atoms with Crippen molar-refractivity contribution in [1.29, 1.82) is 0 Å². The molecule has 37 heavy (non-hydrogen) atoms. The Labute approximate surface area is 245 Å². The van der Waals surface area contributed by atoms with Gasteiger partial charge in [-0.3, -0.25) is 0 Å². The molecule has 0 N–H and O–H groups in total. The summed E-state index contributed by atoms with van der Waals surface area (Å²) in [7, 11) is -4.80. The molecular weight excluding hydrogens is 503 g/mol. The van der Waals surface area contributed by atoms with Crippen molar-refractivity contribution in [3.63, 3.8) is 0 Å². The number of hydrogen-bond donors (Lipinski definition) is 0. The van der Waals surface area contributed by atoms with E-state index in [0.717, 1.165) is 95.2 Å². The third-order valence-corrected chi connectivity index (χ3v) is 6.62. The van der Waals surface area contributed by atoms with Gasteiger partial charge in [0.1, 0.15) is 10.1 Å². The summed E-state index contributed by atoms with van der Waals surface area (Å²) in [6, 6.07) is 3.03. The normalized spacial score (nSPS) is 10.8. The van der Waals surface area contributed by atoms with Crippen LogP contribution < -0.4 is 29.6 Å². The zero-order valence-corrected chi connectivity index (χ0v) is 25.2. The van der Waals surface area contributed by atoms with E-state index in [1.807, 2.05) is 12.2 Å². The molecule has 0 bridgehead atoms. The smallest absolute Gasteiger partial charge is 0.744 e. The van der Waals surface area contributed by atoms with Crippen LogP contribution in [0.25, 0.3) is 0 Å². The number of ether oxygens (including phenoxy) is 2. The Hall–Kier alpha value is -1.45. The molecule has 0 fully saturated rings. The van der Waals surface area contributed by atoms with Gasteiger partial charge in [-0.05, 0) is 56.7 Å². The number of carbonyl (C=O) groups is 2. The third-order valence-electron chi connectivity index (χ3n) is 5.79. The number of esters is 2. The van der Waals surface area contributed by atoms with Crippen LogP contribution in [-0.4, -0.2) is 38.1 Å². The number of hydrogen-bond acceptors (Lipinski definition) is 7. The Morgan fingerprint density at radius 2 is 1.11 bits per heavy atom. The maximum Gasteiger partial charge on any atom is 1.00 e. The van der Waals surface area contributed by atoms with Crippen LogP contribution in [0.2, 0.25) is 0 Å². The quantitative estimate of drug-likeness (QED) is 0.0762. The number of rotatable bonds is 21. The van der Waals surface area contributed by atoms with Crippen molar-refractivity contribution in [1.82, 2.24) is 0 Å². The third kappa shape index (κ3) is 16.2.